The number of guanidine groups is 1. The van der Waals surface area contributed by atoms with Crippen molar-refractivity contribution in [3.63, 3.8) is 0 Å². The highest BCUT2D eigenvalue weighted by molar-refractivity contribution is 14.0. The van der Waals surface area contributed by atoms with Crippen molar-refractivity contribution in [3.8, 4) is 0 Å². The zero-order chi connectivity index (χ0) is 18.8. The number of nitrogens with two attached hydrogens (primary N) is 1. The molecule has 0 spiro atoms. The van der Waals surface area contributed by atoms with Crippen molar-refractivity contribution in [1.29, 1.82) is 0 Å². The third-order valence-electron chi connectivity index (χ3n) is 4.25. The van der Waals surface area contributed by atoms with Gasteiger partial charge in [-0.2, -0.15) is 0 Å². The summed E-state index contributed by atoms with van der Waals surface area (Å²) in [4.78, 5) is 16.4. The van der Waals surface area contributed by atoms with Gasteiger partial charge in [0.1, 0.15) is 0 Å². The van der Waals surface area contributed by atoms with Gasteiger partial charge in [-0.1, -0.05) is 56.3 Å². The van der Waals surface area contributed by atoms with Gasteiger partial charge in [0.2, 0.25) is 5.91 Å². The molecule has 0 aliphatic heterocycles. The molecule has 2 rings (SSSR count). The molecule has 0 aliphatic carbocycles. The van der Waals surface area contributed by atoms with Gasteiger partial charge in [0.15, 0.2) is 5.96 Å². The molecule has 146 valence electrons. The monoisotopic (exact) mass is 480 g/mol. The summed E-state index contributed by atoms with van der Waals surface area (Å²) in [5.74, 6) is 0.464. The lowest BCUT2D eigenvalue weighted by Gasteiger charge is -2.11. The van der Waals surface area contributed by atoms with Gasteiger partial charge in [-0.3, -0.25) is 4.79 Å². The fraction of sp³-hybridized carbons (Fsp3) is 0.333. The molecule has 2 aromatic rings. The van der Waals surface area contributed by atoms with E-state index >= 15 is 0 Å². The Hall–Kier alpha value is -2.09. The molecular formula is C21H29IN4O. The average molecular weight is 480 g/mol. The molecule has 2 aromatic carbocycles. The second kappa shape index (κ2) is 12.3. The van der Waals surface area contributed by atoms with Crippen molar-refractivity contribution in [2.75, 3.05) is 11.9 Å². The topological polar surface area (TPSA) is 79.5 Å². The van der Waals surface area contributed by atoms with Gasteiger partial charge in [-0.15, -0.1) is 24.0 Å². The van der Waals surface area contributed by atoms with Crippen LogP contribution in [0.1, 0.15) is 31.4 Å². The van der Waals surface area contributed by atoms with Gasteiger partial charge in [0.05, 0.1) is 6.54 Å². The van der Waals surface area contributed by atoms with Crippen LogP contribution in [-0.2, 0) is 17.8 Å². The van der Waals surface area contributed by atoms with Crippen LogP contribution in [-0.4, -0.2) is 18.4 Å². The summed E-state index contributed by atoms with van der Waals surface area (Å²) in [5, 5.41) is 6.07. The Morgan fingerprint density at radius 3 is 2.52 bits per heavy atom. The zero-order valence-corrected chi connectivity index (χ0v) is 18.3. The van der Waals surface area contributed by atoms with E-state index in [1.165, 1.54) is 5.56 Å². The minimum absolute atomic E-state index is 0. The molecule has 0 fully saturated rings. The number of rotatable bonds is 8. The van der Waals surface area contributed by atoms with Gasteiger partial charge >= 0.3 is 0 Å². The van der Waals surface area contributed by atoms with E-state index in [9.17, 15) is 4.79 Å². The van der Waals surface area contributed by atoms with Crippen LogP contribution in [0.5, 0.6) is 0 Å². The number of nitrogens with zero attached hydrogens (tertiary/aromatic N) is 1. The maximum atomic E-state index is 12.0. The second-order valence-corrected chi connectivity index (χ2v) is 6.36. The number of anilines is 1. The molecule has 1 amide bonds. The van der Waals surface area contributed by atoms with Crippen molar-refractivity contribution < 1.29 is 4.79 Å². The minimum Gasteiger partial charge on any atom is -0.370 e. The van der Waals surface area contributed by atoms with E-state index in [1.807, 2.05) is 56.3 Å². The summed E-state index contributed by atoms with van der Waals surface area (Å²) < 4.78 is 0. The molecular weight excluding hydrogens is 451 g/mol. The molecule has 6 heteroatoms. The molecule has 4 N–H and O–H groups in total. The summed E-state index contributed by atoms with van der Waals surface area (Å²) >= 11 is 0. The predicted molar refractivity (Wildman–Crippen MR) is 123 cm³/mol. The largest absolute Gasteiger partial charge is 0.370 e. The number of hydrogen-bond donors (Lipinski definition) is 3. The maximum Gasteiger partial charge on any atom is 0.227 e. The van der Waals surface area contributed by atoms with Crippen molar-refractivity contribution in [3.05, 3.63) is 65.7 Å². The summed E-state index contributed by atoms with van der Waals surface area (Å²) in [6.07, 6.45) is 1.72. The van der Waals surface area contributed by atoms with Gasteiger partial charge < -0.3 is 16.4 Å². The van der Waals surface area contributed by atoms with E-state index < -0.39 is 0 Å². The molecule has 1 unspecified atom stereocenters. The van der Waals surface area contributed by atoms with E-state index in [2.05, 4.69) is 27.8 Å². The average Bonchev–Trinajstić information content (AvgIpc) is 2.67. The van der Waals surface area contributed by atoms with Crippen molar-refractivity contribution in [2.45, 2.75) is 33.2 Å². The van der Waals surface area contributed by atoms with Gasteiger partial charge in [-0.25, -0.2) is 4.99 Å². The Morgan fingerprint density at radius 2 is 1.81 bits per heavy atom. The fourth-order valence-corrected chi connectivity index (χ4v) is 2.41. The lowest BCUT2D eigenvalue weighted by molar-refractivity contribution is -0.119. The molecule has 0 radical (unpaired) electrons. The first-order valence-corrected chi connectivity index (χ1v) is 9.06. The van der Waals surface area contributed by atoms with Crippen molar-refractivity contribution >= 4 is 41.5 Å². The number of carbonyl (C=O) groups excluding carboxylic acids is 1. The Kier molecular flexibility index (Phi) is 10.5. The normalized spacial score (nSPS) is 12.0. The highest BCUT2D eigenvalue weighted by atomic mass is 127. The number of halogens is 1. The van der Waals surface area contributed by atoms with Crippen molar-refractivity contribution in [1.82, 2.24) is 5.32 Å². The quantitative estimate of drug-likeness (QED) is 0.304. The van der Waals surface area contributed by atoms with E-state index in [1.54, 1.807) is 0 Å². The van der Waals surface area contributed by atoms with Crippen LogP contribution in [0.25, 0.3) is 0 Å². The highest BCUT2D eigenvalue weighted by Crippen LogP contribution is 2.13. The summed E-state index contributed by atoms with van der Waals surface area (Å²) in [7, 11) is 0. The molecule has 0 aromatic heterocycles. The third-order valence-corrected chi connectivity index (χ3v) is 4.25. The van der Waals surface area contributed by atoms with Crippen molar-refractivity contribution in [2.24, 2.45) is 16.6 Å². The van der Waals surface area contributed by atoms with Crippen LogP contribution in [0.3, 0.4) is 0 Å². The van der Waals surface area contributed by atoms with Crippen LogP contribution in [0.2, 0.25) is 0 Å². The Bertz CT molecular complexity index is 734. The molecule has 0 heterocycles. The lowest BCUT2D eigenvalue weighted by atomic mass is 10.1. The number of benzene rings is 2. The van der Waals surface area contributed by atoms with E-state index in [-0.39, 0.29) is 35.8 Å². The molecule has 0 saturated carbocycles. The molecule has 0 saturated heterocycles. The number of nitrogens with one attached hydrogen (secondary N) is 2. The number of hydrogen-bond acceptors (Lipinski definition) is 2. The molecule has 1 atom stereocenters. The number of amides is 1. The Balaban J connectivity index is 0.00000364. The summed E-state index contributed by atoms with van der Waals surface area (Å²) in [5.41, 5.74) is 8.98. The third kappa shape index (κ3) is 8.43. The SMILES string of the molecule is CCC(C)C(=O)Nc1cccc(CN=C(N)NCCc2ccccc2)c1.I. The second-order valence-electron chi connectivity index (χ2n) is 6.36. The van der Waals surface area contributed by atoms with Crippen LogP contribution in [0.15, 0.2) is 59.6 Å². The standard InChI is InChI=1S/C21H28N4O.HI/c1-3-16(2)20(26)25-19-11-7-10-18(14-19)15-24-21(22)23-13-12-17-8-5-4-6-9-17;/h4-11,14,16H,3,12-13,15H2,1-2H3,(H,25,26)(H3,22,23,24);1H. The molecule has 0 bridgehead atoms. The number of carbonyl (C=O) groups is 1. The van der Waals surface area contributed by atoms with Gasteiger partial charge in [0.25, 0.3) is 0 Å². The van der Waals surface area contributed by atoms with Crippen LogP contribution in [0.4, 0.5) is 5.69 Å². The fourth-order valence-electron chi connectivity index (χ4n) is 2.41. The molecule has 5 nitrogen and oxygen atoms in total. The summed E-state index contributed by atoms with van der Waals surface area (Å²) in [6, 6.07) is 17.9. The van der Waals surface area contributed by atoms with Gasteiger partial charge in [-0.05, 0) is 36.1 Å². The lowest BCUT2D eigenvalue weighted by Crippen LogP contribution is -2.33. The van der Waals surface area contributed by atoms with Crippen LogP contribution < -0.4 is 16.4 Å². The van der Waals surface area contributed by atoms with Crippen LogP contribution in [0, 0.1) is 5.92 Å². The molecule has 27 heavy (non-hydrogen) atoms. The number of aliphatic imine (C=N–C) groups is 1. The first-order valence-electron chi connectivity index (χ1n) is 9.06. The molecule has 0 aliphatic rings. The predicted octanol–water partition coefficient (Wildman–Crippen LogP) is 3.94. The van der Waals surface area contributed by atoms with E-state index in [4.69, 9.17) is 5.73 Å². The Labute approximate surface area is 178 Å². The maximum absolute atomic E-state index is 12.0. The first-order chi connectivity index (χ1) is 12.6. The highest BCUT2D eigenvalue weighted by Gasteiger charge is 2.10. The van der Waals surface area contributed by atoms with Gasteiger partial charge in [0, 0.05) is 18.2 Å². The first kappa shape index (κ1) is 23.0. The Morgan fingerprint density at radius 1 is 1.11 bits per heavy atom. The van der Waals surface area contributed by atoms with E-state index in [0.717, 1.165) is 30.6 Å². The zero-order valence-electron chi connectivity index (χ0n) is 15.9. The van der Waals surface area contributed by atoms with Crippen LogP contribution >= 0.6 is 24.0 Å². The van der Waals surface area contributed by atoms with E-state index in [0.29, 0.717) is 12.5 Å². The summed E-state index contributed by atoms with van der Waals surface area (Å²) in [6.45, 7) is 5.13. The minimum atomic E-state index is 0. The smallest absolute Gasteiger partial charge is 0.227 e.